The van der Waals surface area contributed by atoms with E-state index in [1.54, 1.807) is 28.6 Å². The molecule has 1 aromatic carbocycles. The molecule has 1 atom stereocenters. The summed E-state index contributed by atoms with van der Waals surface area (Å²) in [5, 5.41) is 11.6. The molecule has 0 fully saturated rings. The summed E-state index contributed by atoms with van der Waals surface area (Å²) in [6, 6.07) is 9.14. The topological polar surface area (TPSA) is 37.8 Å². The van der Waals surface area contributed by atoms with E-state index in [9.17, 15) is 0 Å². The summed E-state index contributed by atoms with van der Waals surface area (Å²) in [4.78, 5) is 0. The predicted octanol–water partition coefficient (Wildman–Crippen LogP) is 3.68. The van der Waals surface area contributed by atoms with Crippen molar-refractivity contribution in [3.8, 4) is 0 Å². The minimum atomic E-state index is 0.370. The number of hydrogen-bond donors (Lipinski definition) is 1. The third kappa shape index (κ3) is 4.60. The molecule has 5 heteroatoms. The van der Waals surface area contributed by atoms with E-state index in [0.29, 0.717) is 6.04 Å². The van der Waals surface area contributed by atoms with Gasteiger partial charge in [0.25, 0.3) is 0 Å². The Hall–Kier alpha value is -0.910. The van der Waals surface area contributed by atoms with Crippen molar-refractivity contribution in [1.29, 1.82) is 0 Å². The van der Waals surface area contributed by atoms with E-state index in [2.05, 4.69) is 53.6 Å². The summed E-state index contributed by atoms with van der Waals surface area (Å²) in [5.74, 6) is 0.984. The van der Waals surface area contributed by atoms with Crippen molar-refractivity contribution in [2.24, 2.45) is 0 Å². The smallest absolute Gasteiger partial charge is 0.174 e. The van der Waals surface area contributed by atoms with Gasteiger partial charge in [-0.25, -0.2) is 0 Å². The molecule has 1 aromatic heterocycles. The maximum absolute atomic E-state index is 4.08. The molecule has 0 radical (unpaired) electrons. The van der Waals surface area contributed by atoms with E-state index < -0.39 is 0 Å². The van der Waals surface area contributed by atoms with Crippen molar-refractivity contribution in [2.45, 2.75) is 30.6 Å². The molecule has 3 nitrogen and oxygen atoms in total. The minimum Gasteiger partial charge on any atom is -0.309 e. The third-order valence-electron chi connectivity index (χ3n) is 2.83. The summed E-state index contributed by atoms with van der Waals surface area (Å²) < 4.78 is 1.04. The molecule has 1 heterocycles. The van der Waals surface area contributed by atoms with Crippen LogP contribution in [0.2, 0.25) is 0 Å². The standard InChI is InChI=1S/C14H19N3S2/c1-3-8-15-13(9-18-14-17-16-10-19-14)12-6-4-11(2)5-7-12/h4-7,10,13,15H,3,8-9H2,1-2H3. The van der Waals surface area contributed by atoms with Crippen LogP contribution in [0.4, 0.5) is 0 Å². The lowest BCUT2D eigenvalue weighted by molar-refractivity contribution is 0.577. The Labute approximate surface area is 122 Å². The molecular weight excluding hydrogens is 274 g/mol. The number of nitrogens with zero attached hydrogens (tertiary/aromatic N) is 2. The van der Waals surface area contributed by atoms with Crippen molar-refractivity contribution < 1.29 is 0 Å². The SMILES string of the molecule is CCCNC(CSc1nncs1)c1ccc(C)cc1. The van der Waals surface area contributed by atoms with Crippen LogP contribution in [0.15, 0.2) is 34.1 Å². The van der Waals surface area contributed by atoms with Gasteiger partial charge in [0, 0.05) is 11.8 Å². The van der Waals surface area contributed by atoms with E-state index in [0.717, 1.165) is 23.1 Å². The lowest BCUT2D eigenvalue weighted by atomic mass is 10.1. The van der Waals surface area contributed by atoms with Crippen molar-refractivity contribution in [1.82, 2.24) is 15.5 Å². The molecule has 2 aromatic rings. The summed E-state index contributed by atoms with van der Waals surface area (Å²) in [5.41, 5.74) is 4.42. The van der Waals surface area contributed by atoms with Crippen molar-refractivity contribution >= 4 is 23.1 Å². The van der Waals surface area contributed by atoms with Crippen molar-refractivity contribution in [3.05, 3.63) is 40.9 Å². The van der Waals surface area contributed by atoms with Crippen molar-refractivity contribution in [3.63, 3.8) is 0 Å². The molecule has 1 unspecified atom stereocenters. The molecule has 2 rings (SSSR count). The highest BCUT2D eigenvalue weighted by Gasteiger charge is 2.12. The Kier molecular flexibility index (Phi) is 5.82. The number of nitrogens with one attached hydrogen (secondary N) is 1. The number of aromatic nitrogens is 2. The fourth-order valence-corrected chi connectivity index (χ4v) is 3.38. The molecule has 0 aliphatic rings. The van der Waals surface area contributed by atoms with Crippen LogP contribution in [0.1, 0.15) is 30.5 Å². The normalized spacial score (nSPS) is 12.5. The zero-order chi connectivity index (χ0) is 13.5. The Morgan fingerprint density at radius 2 is 2.11 bits per heavy atom. The molecule has 0 bridgehead atoms. The number of thioether (sulfide) groups is 1. The Bertz CT molecular complexity index is 468. The quantitative estimate of drug-likeness (QED) is 0.790. The Balaban J connectivity index is 2.00. The Morgan fingerprint density at radius 3 is 2.74 bits per heavy atom. The molecule has 0 amide bonds. The summed E-state index contributed by atoms with van der Waals surface area (Å²) in [7, 11) is 0. The van der Waals surface area contributed by atoms with Gasteiger partial charge in [0.1, 0.15) is 5.51 Å². The zero-order valence-electron chi connectivity index (χ0n) is 11.3. The van der Waals surface area contributed by atoms with Gasteiger partial charge in [-0.3, -0.25) is 0 Å². The molecule has 0 saturated heterocycles. The highest BCUT2D eigenvalue weighted by Crippen LogP contribution is 2.25. The lowest BCUT2D eigenvalue weighted by Gasteiger charge is -2.18. The number of benzene rings is 1. The Morgan fingerprint density at radius 1 is 1.32 bits per heavy atom. The highest BCUT2D eigenvalue weighted by atomic mass is 32.2. The first-order valence-corrected chi connectivity index (χ1v) is 8.35. The number of rotatable bonds is 7. The van der Waals surface area contributed by atoms with E-state index in [4.69, 9.17) is 0 Å². The fourth-order valence-electron chi connectivity index (χ4n) is 1.77. The van der Waals surface area contributed by atoms with Crippen LogP contribution < -0.4 is 5.32 Å². The van der Waals surface area contributed by atoms with E-state index in [1.807, 2.05) is 0 Å². The van der Waals surface area contributed by atoms with Crippen molar-refractivity contribution in [2.75, 3.05) is 12.3 Å². The molecule has 0 spiro atoms. The summed E-state index contributed by atoms with van der Waals surface area (Å²) in [6.07, 6.45) is 1.14. The van der Waals surface area contributed by atoms with Crippen LogP contribution in [-0.4, -0.2) is 22.5 Å². The average molecular weight is 293 g/mol. The van der Waals surface area contributed by atoms with Gasteiger partial charge in [-0.05, 0) is 25.5 Å². The third-order valence-corrected chi connectivity index (χ3v) is 4.79. The lowest BCUT2D eigenvalue weighted by Crippen LogP contribution is -2.24. The first-order chi connectivity index (χ1) is 9.29. The van der Waals surface area contributed by atoms with Gasteiger partial charge in [0.15, 0.2) is 4.34 Å². The number of aryl methyl sites for hydroxylation is 1. The van der Waals surface area contributed by atoms with Crippen LogP contribution in [-0.2, 0) is 0 Å². The van der Waals surface area contributed by atoms with E-state index in [1.165, 1.54) is 11.1 Å². The minimum absolute atomic E-state index is 0.370. The maximum Gasteiger partial charge on any atom is 0.174 e. The second kappa shape index (κ2) is 7.62. The van der Waals surface area contributed by atoms with Crippen LogP contribution in [0, 0.1) is 6.92 Å². The second-order valence-corrected chi connectivity index (χ2v) is 6.53. The molecule has 0 saturated carbocycles. The zero-order valence-corrected chi connectivity index (χ0v) is 12.9. The predicted molar refractivity (Wildman–Crippen MR) is 82.8 cm³/mol. The molecular formula is C14H19N3S2. The summed E-state index contributed by atoms with van der Waals surface area (Å²) in [6.45, 7) is 5.35. The van der Waals surface area contributed by atoms with Crippen LogP contribution >= 0.6 is 23.1 Å². The first-order valence-electron chi connectivity index (χ1n) is 6.48. The molecule has 102 valence electrons. The second-order valence-electron chi connectivity index (χ2n) is 4.43. The van der Waals surface area contributed by atoms with E-state index >= 15 is 0 Å². The largest absolute Gasteiger partial charge is 0.309 e. The average Bonchev–Trinajstić information content (AvgIpc) is 2.93. The van der Waals surface area contributed by atoms with Gasteiger partial charge in [0.2, 0.25) is 0 Å². The van der Waals surface area contributed by atoms with E-state index in [-0.39, 0.29) is 0 Å². The monoisotopic (exact) mass is 293 g/mol. The number of hydrogen-bond acceptors (Lipinski definition) is 5. The van der Waals surface area contributed by atoms with Crippen LogP contribution in [0.3, 0.4) is 0 Å². The molecule has 0 aliphatic carbocycles. The molecule has 19 heavy (non-hydrogen) atoms. The first kappa shape index (κ1) is 14.5. The van der Waals surface area contributed by atoms with Gasteiger partial charge < -0.3 is 5.32 Å². The van der Waals surface area contributed by atoms with Gasteiger partial charge in [-0.2, -0.15) is 0 Å². The van der Waals surface area contributed by atoms with Gasteiger partial charge >= 0.3 is 0 Å². The van der Waals surface area contributed by atoms with Crippen LogP contribution in [0.5, 0.6) is 0 Å². The maximum atomic E-state index is 4.08. The highest BCUT2D eigenvalue weighted by molar-refractivity contribution is 8.01. The fraction of sp³-hybridized carbons (Fsp3) is 0.429. The molecule has 0 aliphatic heterocycles. The van der Waals surface area contributed by atoms with Gasteiger partial charge in [-0.15, -0.1) is 10.2 Å². The molecule has 1 N–H and O–H groups in total. The van der Waals surface area contributed by atoms with Gasteiger partial charge in [-0.1, -0.05) is 59.9 Å². The van der Waals surface area contributed by atoms with Crippen LogP contribution in [0.25, 0.3) is 0 Å². The summed E-state index contributed by atoms with van der Waals surface area (Å²) >= 11 is 3.37. The van der Waals surface area contributed by atoms with Gasteiger partial charge in [0.05, 0.1) is 0 Å².